The number of amides is 1. The molecule has 0 aromatic heterocycles. The van der Waals surface area contributed by atoms with Crippen LogP contribution in [0.15, 0.2) is 0 Å². The van der Waals surface area contributed by atoms with Crippen molar-refractivity contribution in [3.05, 3.63) is 0 Å². The summed E-state index contributed by atoms with van der Waals surface area (Å²) in [6.45, 7) is 3.86. The molecular weight excluding hydrogens is 230 g/mol. The summed E-state index contributed by atoms with van der Waals surface area (Å²) in [5.74, 6) is 0.122. The fourth-order valence-electron chi connectivity index (χ4n) is 2.75. The topological polar surface area (TPSA) is 67.6 Å². The Morgan fingerprint density at radius 1 is 1.56 bits per heavy atom. The van der Waals surface area contributed by atoms with Crippen LogP contribution in [0.3, 0.4) is 0 Å². The minimum absolute atomic E-state index is 0.0916. The minimum atomic E-state index is 0.0916. The third-order valence-electron chi connectivity index (χ3n) is 4.25. The van der Waals surface area contributed by atoms with Crippen molar-refractivity contribution >= 4 is 5.91 Å². The molecule has 5 heteroatoms. The van der Waals surface area contributed by atoms with Gasteiger partial charge in [-0.1, -0.05) is 6.42 Å². The second-order valence-electron chi connectivity index (χ2n) is 5.79. The number of nitrogens with two attached hydrogens (primary N) is 1. The Hall–Kier alpha value is -0.650. The fourth-order valence-corrected chi connectivity index (χ4v) is 2.75. The number of nitrogens with zero attached hydrogens (tertiary/aromatic N) is 1. The van der Waals surface area contributed by atoms with Crippen LogP contribution in [0.5, 0.6) is 0 Å². The van der Waals surface area contributed by atoms with Gasteiger partial charge in [-0.15, -0.1) is 0 Å². The zero-order valence-electron chi connectivity index (χ0n) is 11.3. The van der Waals surface area contributed by atoms with Crippen LogP contribution in [0, 0.1) is 5.41 Å². The molecule has 0 spiro atoms. The van der Waals surface area contributed by atoms with Gasteiger partial charge in [0.2, 0.25) is 5.91 Å². The van der Waals surface area contributed by atoms with Crippen LogP contribution in [0.2, 0.25) is 0 Å². The molecule has 1 aliphatic carbocycles. The van der Waals surface area contributed by atoms with Gasteiger partial charge < -0.3 is 20.7 Å². The average Bonchev–Trinajstić information content (AvgIpc) is 2.31. The van der Waals surface area contributed by atoms with E-state index in [9.17, 15) is 4.79 Å². The summed E-state index contributed by atoms with van der Waals surface area (Å²) >= 11 is 0. The van der Waals surface area contributed by atoms with Crippen molar-refractivity contribution in [3.8, 4) is 0 Å². The Kier molecular flexibility index (Phi) is 4.59. The van der Waals surface area contributed by atoms with E-state index in [0.717, 1.165) is 32.5 Å². The monoisotopic (exact) mass is 255 g/mol. The van der Waals surface area contributed by atoms with Crippen molar-refractivity contribution in [1.82, 2.24) is 10.2 Å². The van der Waals surface area contributed by atoms with E-state index in [4.69, 9.17) is 10.5 Å². The normalized spacial score (nSPS) is 27.6. The standard InChI is InChI=1S/C13H25N3O2/c1-16-5-6-18-11(9-16)8-15-12(17)7-13(10-14)3-2-4-13/h11H,2-10,14H2,1H3,(H,15,17). The summed E-state index contributed by atoms with van der Waals surface area (Å²) in [6.07, 6.45) is 4.11. The highest BCUT2D eigenvalue weighted by Gasteiger charge is 2.37. The molecule has 0 bridgehead atoms. The highest BCUT2D eigenvalue weighted by atomic mass is 16.5. The molecule has 1 atom stereocenters. The second kappa shape index (κ2) is 5.99. The molecule has 1 amide bonds. The lowest BCUT2D eigenvalue weighted by atomic mass is 9.66. The van der Waals surface area contributed by atoms with Crippen molar-refractivity contribution in [2.24, 2.45) is 11.1 Å². The molecule has 2 rings (SSSR count). The van der Waals surface area contributed by atoms with Crippen molar-refractivity contribution in [2.45, 2.75) is 31.8 Å². The first kappa shape index (κ1) is 13.8. The zero-order valence-corrected chi connectivity index (χ0v) is 11.3. The Morgan fingerprint density at radius 3 is 2.89 bits per heavy atom. The highest BCUT2D eigenvalue weighted by molar-refractivity contribution is 5.76. The summed E-state index contributed by atoms with van der Waals surface area (Å²) < 4.78 is 5.61. The van der Waals surface area contributed by atoms with Gasteiger partial charge in [0.1, 0.15) is 0 Å². The second-order valence-corrected chi connectivity index (χ2v) is 5.79. The number of hydrogen-bond donors (Lipinski definition) is 2. The lowest BCUT2D eigenvalue weighted by Gasteiger charge is -2.40. The molecule has 0 radical (unpaired) electrons. The molecule has 5 nitrogen and oxygen atoms in total. The average molecular weight is 255 g/mol. The van der Waals surface area contributed by atoms with E-state index in [1.165, 1.54) is 6.42 Å². The predicted molar refractivity (Wildman–Crippen MR) is 70.2 cm³/mol. The zero-order chi connectivity index (χ0) is 13.0. The quantitative estimate of drug-likeness (QED) is 0.723. The first-order valence-corrected chi connectivity index (χ1v) is 6.90. The van der Waals surface area contributed by atoms with Gasteiger partial charge in [0.15, 0.2) is 0 Å². The maximum Gasteiger partial charge on any atom is 0.220 e. The molecule has 0 aromatic rings. The summed E-state index contributed by atoms with van der Waals surface area (Å²) in [7, 11) is 2.08. The maximum atomic E-state index is 11.9. The van der Waals surface area contributed by atoms with E-state index in [2.05, 4.69) is 17.3 Å². The number of ether oxygens (including phenoxy) is 1. The molecule has 1 heterocycles. The van der Waals surface area contributed by atoms with E-state index in [1.807, 2.05) is 0 Å². The minimum Gasteiger partial charge on any atom is -0.374 e. The first-order chi connectivity index (χ1) is 8.63. The van der Waals surface area contributed by atoms with Gasteiger partial charge in [-0.2, -0.15) is 0 Å². The number of hydrogen-bond acceptors (Lipinski definition) is 4. The van der Waals surface area contributed by atoms with Crippen LogP contribution in [0.1, 0.15) is 25.7 Å². The van der Waals surface area contributed by atoms with Gasteiger partial charge >= 0.3 is 0 Å². The first-order valence-electron chi connectivity index (χ1n) is 6.90. The number of carbonyl (C=O) groups excluding carboxylic acids is 1. The van der Waals surface area contributed by atoms with E-state index in [0.29, 0.717) is 19.5 Å². The molecule has 1 aliphatic heterocycles. The molecule has 1 saturated carbocycles. The van der Waals surface area contributed by atoms with Crippen LogP contribution in [0.25, 0.3) is 0 Å². The Morgan fingerprint density at radius 2 is 2.33 bits per heavy atom. The number of carbonyl (C=O) groups is 1. The Bertz CT molecular complexity index is 286. The van der Waals surface area contributed by atoms with Crippen LogP contribution >= 0.6 is 0 Å². The summed E-state index contributed by atoms with van der Waals surface area (Å²) in [6, 6.07) is 0. The number of likely N-dealkylation sites (N-methyl/N-ethyl adjacent to an activating group) is 1. The summed E-state index contributed by atoms with van der Waals surface area (Å²) in [5, 5.41) is 2.98. The molecule has 1 saturated heterocycles. The fraction of sp³-hybridized carbons (Fsp3) is 0.923. The van der Waals surface area contributed by atoms with Gasteiger partial charge in [0.25, 0.3) is 0 Å². The van der Waals surface area contributed by atoms with E-state index in [-0.39, 0.29) is 17.4 Å². The molecule has 1 unspecified atom stereocenters. The lowest BCUT2D eigenvalue weighted by molar-refractivity contribution is -0.125. The largest absolute Gasteiger partial charge is 0.374 e. The highest BCUT2D eigenvalue weighted by Crippen LogP contribution is 2.42. The molecular formula is C13H25N3O2. The third kappa shape index (κ3) is 3.43. The number of morpholine rings is 1. The molecule has 104 valence electrons. The van der Waals surface area contributed by atoms with Gasteiger partial charge in [-0.05, 0) is 31.8 Å². The van der Waals surface area contributed by atoms with E-state index < -0.39 is 0 Å². The van der Waals surface area contributed by atoms with Crippen molar-refractivity contribution < 1.29 is 9.53 Å². The molecule has 3 N–H and O–H groups in total. The van der Waals surface area contributed by atoms with Gasteiger partial charge in [0, 0.05) is 26.1 Å². The van der Waals surface area contributed by atoms with Crippen LogP contribution in [-0.2, 0) is 9.53 Å². The van der Waals surface area contributed by atoms with E-state index in [1.54, 1.807) is 0 Å². The lowest BCUT2D eigenvalue weighted by Crippen LogP contribution is -2.47. The van der Waals surface area contributed by atoms with Crippen LogP contribution < -0.4 is 11.1 Å². The maximum absolute atomic E-state index is 11.9. The predicted octanol–water partition coefficient (Wildman–Crippen LogP) is -0.0477. The smallest absolute Gasteiger partial charge is 0.220 e. The van der Waals surface area contributed by atoms with Gasteiger partial charge in [-0.25, -0.2) is 0 Å². The van der Waals surface area contributed by atoms with Crippen LogP contribution in [0.4, 0.5) is 0 Å². The summed E-state index contributed by atoms with van der Waals surface area (Å²) in [4.78, 5) is 14.1. The molecule has 0 aromatic carbocycles. The van der Waals surface area contributed by atoms with Crippen molar-refractivity contribution in [1.29, 1.82) is 0 Å². The Labute approximate surface area is 109 Å². The number of rotatable bonds is 5. The van der Waals surface area contributed by atoms with Gasteiger partial charge in [0.05, 0.1) is 12.7 Å². The summed E-state index contributed by atoms with van der Waals surface area (Å²) in [5.41, 5.74) is 5.85. The van der Waals surface area contributed by atoms with Gasteiger partial charge in [-0.3, -0.25) is 4.79 Å². The molecule has 18 heavy (non-hydrogen) atoms. The molecule has 2 aliphatic rings. The van der Waals surface area contributed by atoms with Crippen molar-refractivity contribution in [2.75, 3.05) is 39.8 Å². The Balaban J connectivity index is 1.68. The van der Waals surface area contributed by atoms with E-state index >= 15 is 0 Å². The molecule has 2 fully saturated rings. The van der Waals surface area contributed by atoms with Crippen molar-refractivity contribution in [3.63, 3.8) is 0 Å². The number of nitrogens with one attached hydrogen (secondary N) is 1. The third-order valence-corrected chi connectivity index (χ3v) is 4.25. The SMILES string of the molecule is CN1CCOC(CNC(=O)CC2(CN)CCC2)C1. The van der Waals surface area contributed by atoms with Crippen LogP contribution in [-0.4, -0.2) is 56.7 Å².